The van der Waals surface area contributed by atoms with Crippen molar-refractivity contribution < 1.29 is 14.4 Å². The summed E-state index contributed by atoms with van der Waals surface area (Å²) in [4.78, 5) is 10.5. The van der Waals surface area contributed by atoms with Crippen LogP contribution < -0.4 is 10.1 Å². The molecule has 6 nitrogen and oxygen atoms in total. The molecule has 0 aromatic heterocycles. The van der Waals surface area contributed by atoms with Gasteiger partial charge in [-0.05, 0) is 18.9 Å². The van der Waals surface area contributed by atoms with Gasteiger partial charge in [-0.15, -0.1) is 0 Å². The van der Waals surface area contributed by atoms with Gasteiger partial charge in [0, 0.05) is 19.2 Å². The van der Waals surface area contributed by atoms with Gasteiger partial charge in [0.2, 0.25) is 0 Å². The SMILES string of the molecule is COc1ccc([N+](=O)[O-])cc1NC1CCCCC1OC. The molecule has 2 unspecified atom stereocenters. The number of nitro groups is 1. The summed E-state index contributed by atoms with van der Waals surface area (Å²) in [6.07, 6.45) is 4.42. The molecular weight excluding hydrogens is 260 g/mol. The average molecular weight is 280 g/mol. The first-order chi connectivity index (χ1) is 9.65. The molecule has 0 saturated heterocycles. The van der Waals surface area contributed by atoms with Crippen LogP contribution in [0.15, 0.2) is 18.2 Å². The molecule has 2 atom stereocenters. The van der Waals surface area contributed by atoms with E-state index in [1.165, 1.54) is 12.1 Å². The molecule has 0 aliphatic heterocycles. The number of methoxy groups -OCH3 is 2. The fourth-order valence-electron chi connectivity index (χ4n) is 2.67. The summed E-state index contributed by atoms with van der Waals surface area (Å²) in [5.41, 5.74) is 0.703. The Bertz CT molecular complexity index is 478. The fraction of sp³-hybridized carbons (Fsp3) is 0.571. The third-order valence-electron chi connectivity index (χ3n) is 3.74. The number of nitrogens with zero attached hydrogens (tertiary/aromatic N) is 1. The minimum absolute atomic E-state index is 0.0538. The van der Waals surface area contributed by atoms with Crippen LogP contribution in [0.1, 0.15) is 25.7 Å². The van der Waals surface area contributed by atoms with E-state index in [4.69, 9.17) is 9.47 Å². The zero-order chi connectivity index (χ0) is 14.5. The average Bonchev–Trinajstić information content (AvgIpc) is 2.47. The summed E-state index contributed by atoms with van der Waals surface area (Å²) in [7, 11) is 3.26. The fourth-order valence-corrected chi connectivity index (χ4v) is 2.67. The predicted octanol–water partition coefficient (Wildman–Crippen LogP) is 2.97. The second kappa shape index (κ2) is 6.56. The third-order valence-corrected chi connectivity index (χ3v) is 3.74. The lowest BCUT2D eigenvalue weighted by atomic mass is 9.92. The number of ether oxygens (including phenoxy) is 2. The van der Waals surface area contributed by atoms with Crippen molar-refractivity contribution in [2.45, 2.75) is 37.8 Å². The van der Waals surface area contributed by atoms with Crippen LogP contribution in [0.2, 0.25) is 0 Å². The van der Waals surface area contributed by atoms with E-state index in [1.807, 2.05) is 0 Å². The molecule has 1 aromatic carbocycles. The number of rotatable bonds is 5. The highest BCUT2D eigenvalue weighted by Crippen LogP contribution is 2.32. The predicted molar refractivity (Wildman–Crippen MR) is 76.3 cm³/mol. The molecule has 0 bridgehead atoms. The molecule has 2 rings (SSSR count). The van der Waals surface area contributed by atoms with Crippen molar-refractivity contribution in [1.29, 1.82) is 0 Å². The van der Waals surface area contributed by atoms with E-state index in [1.54, 1.807) is 20.3 Å². The van der Waals surface area contributed by atoms with Gasteiger partial charge in [0.05, 0.1) is 29.9 Å². The molecule has 1 N–H and O–H groups in total. The van der Waals surface area contributed by atoms with E-state index >= 15 is 0 Å². The Morgan fingerprint density at radius 3 is 2.70 bits per heavy atom. The third kappa shape index (κ3) is 3.19. The standard InChI is InChI=1S/C14H20N2O4/c1-19-13-6-4-3-5-11(13)15-12-9-10(16(17)18)7-8-14(12)20-2/h7-9,11,13,15H,3-6H2,1-2H3. The molecule has 0 heterocycles. The van der Waals surface area contributed by atoms with Gasteiger partial charge in [-0.1, -0.05) is 12.8 Å². The van der Waals surface area contributed by atoms with E-state index < -0.39 is 4.92 Å². The molecule has 1 aliphatic rings. The van der Waals surface area contributed by atoms with Crippen LogP contribution in [0.3, 0.4) is 0 Å². The number of anilines is 1. The highest BCUT2D eigenvalue weighted by molar-refractivity contribution is 5.62. The van der Waals surface area contributed by atoms with Crippen molar-refractivity contribution in [1.82, 2.24) is 0 Å². The molecule has 6 heteroatoms. The van der Waals surface area contributed by atoms with Gasteiger partial charge in [-0.3, -0.25) is 10.1 Å². The highest BCUT2D eigenvalue weighted by atomic mass is 16.6. The van der Waals surface area contributed by atoms with Gasteiger partial charge in [-0.25, -0.2) is 0 Å². The van der Waals surface area contributed by atoms with Crippen LogP contribution >= 0.6 is 0 Å². The molecule has 20 heavy (non-hydrogen) atoms. The molecule has 1 aromatic rings. The van der Waals surface area contributed by atoms with E-state index in [2.05, 4.69) is 5.32 Å². The van der Waals surface area contributed by atoms with E-state index in [-0.39, 0.29) is 17.8 Å². The Morgan fingerprint density at radius 1 is 1.30 bits per heavy atom. The Kier molecular flexibility index (Phi) is 4.79. The number of hydrogen-bond acceptors (Lipinski definition) is 5. The largest absolute Gasteiger partial charge is 0.495 e. The minimum atomic E-state index is -0.403. The Balaban J connectivity index is 2.21. The van der Waals surface area contributed by atoms with Crippen LogP contribution in [-0.2, 0) is 4.74 Å². The van der Waals surface area contributed by atoms with E-state index in [0.717, 1.165) is 25.7 Å². The monoisotopic (exact) mass is 280 g/mol. The van der Waals surface area contributed by atoms with Crippen LogP contribution in [0.25, 0.3) is 0 Å². The smallest absolute Gasteiger partial charge is 0.271 e. The first kappa shape index (κ1) is 14.6. The number of nitro benzene ring substituents is 1. The Morgan fingerprint density at radius 2 is 2.05 bits per heavy atom. The first-order valence-electron chi connectivity index (χ1n) is 6.77. The van der Waals surface area contributed by atoms with Crippen molar-refractivity contribution >= 4 is 11.4 Å². The molecule has 0 amide bonds. The molecule has 110 valence electrons. The maximum Gasteiger partial charge on any atom is 0.271 e. The Labute approximate surface area is 118 Å². The zero-order valence-corrected chi connectivity index (χ0v) is 11.8. The number of hydrogen-bond donors (Lipinski definition) is 1. The second-order valence-electron chi connectivity index (χ2n) is 4.95. The maximum absolute atomic E-state index is 10.9. The summed E-state index contributed by atoms with van der Waals surface area (Å²) in [6, 6.07) is 4.73. The van der Waals surface area contributed by atoms with Gasteiger partial charge >= 0.3 is 0 Å². The highest BCUT2D eigenvalue weighted by Gasteiger charge is 2.26. The summed E-state index contributed by atoms with van der Waals surface area (Å²) in [5, 5.41) is 14.2. The summed E-state index contributed by atoms with van der Waals surface area (Å²) in [6.45, 7) is 0. The van der Waals surface area contributed by atoms with Gasteiger partial charge in [-0.2, -0.15) is 0 Å². The minimum Gasteiger partial charge on any atom is -0.495 e. The zero-order valence-electron chi connectivity index (χ0n) is 11.8. The molecule has 1 fully saturated rings. The molecule has 1 aliphatic carbocycles. The van der Waals surface area contributed by atoms with Crippen molar-refractivity contribution in [3.8, 4) is 5.75 Å². The quantitative estimate of drug-likeness (QED) is 0.663. The lowest BCUT2D eigenvalue weighted by Crippen LogP contribution is -2.37. The van der Waals surface area contributed by atoms with Crippen molar-refractivity contribution in [2.75, 3.05) is 19.5 Å². The topological polar surface area (TPSA) is 73.6 Å². The van der Waals surface area contributed by atoms with Crippen molar-refractivity contribution in [3.05, 3.63) is 28.3 Å². The molecule has 0 spiro atoms. The van der Waals surface area contributed by atoms with Crippen molar-refractivity contribution in [2.24, 2.45) is 0 Å². The molecular formula is C14H20N2O4. The first-order valence-corrected chi connectivity index (χ1v) is 6.77. The van der Waals surface area contributed by atoms with Crippen LogP contribution in [0, 0.1) is 10.1 Å². The molecule has 0 radical (unpaired) electrons. The molecule has 1 saturated carbocycles. The lowest BCUT2D eigenvalue weighted by molar-refractivity contribution is -0.384. The summed E-state index contributed by atoms with van der Waals surface area (Å²) in [5.74, 6) is 0.607. The normalized spacial score (nSPS) is 22.3. The van der Waals surface area contributed by atoms with Gasteiger partial charge in [0.25, 0.3) is 5.69 Å². The van der Waals surface area contributed by atoms with E-state index in [9.17, 15) is 10.1 Å². The van der Waals surface area contributed by atoms with Crippen molar-refractivity contribution in [3.63, 3.8) is 0 Å². The Hall–Kier alpha value is -1.82. The van der Waals surface area contributed by atoms with Gasteiger partial charge in [0.15, 0.2) is 0 Å². The number of non-ortho nitro benzene ring substituents is 1. The summed E-state index contributed by atoms with van der Waals surface area (Å²) >= 11 is 0. The van der Waals surface area contributed by atoms with E-state index in [0.29, 0.717) is 11.4 Å². The van der Waals surface area contributed by atoms with Crippen LogP contribution in [0.4, 0.5) is 11.4 Å². The van der Waals surface area contributed by atoms with Gasteiger partial charge in [0.1, 0.15) is 5.75 Å². The van der Waals surface area contributed by atoms with Crippen LogP contribution in [0.5, 0.6) is 5.75 Å². The number of nitrogens with one attached hydrogen (secondary N) is 1. The maximum atomic E-state index is 10.9. The second-order valence-corrected chi connectivity index (χ2v) is 4.95. The van der Waals surface area contributed by atoms with Crippen LogP contribution in [-0.4, -0.2) is 31.3 Å². The summed E-state index contributed by atoms with van der Waals surface area (Å²) < 4.78 is 10.8. The number of benzene rings is 1. The van der Waals surface area contributed by atoms with Gasteiger partial charge < -0.3 is 14.8 Å². The lowest BCUT2D eigenvalue weighted by Gasteiger charge is -2.32.